The van der Waals surface area contributed by atoms with Crippen molar-refractivity contribution in [1.82, 2.24) is 0 Å². The van der Waals surface area contributed by atoms with Crippen LogP contribution in [0.5, 0.6) is 0 Å². The molecule has 23 heavy (non-hydrogen) atoms. The molecule has 0 saturated carbocycles. The van der Waals surface area contributed by atoms with Gasteiger partial charge >= 0.3 is 5.97 Å². The fourth-order valence-corrected chi connectivity index (χ4v) is 2.69. The van der Waals surface area contributed by atoms with Crippen molar-refractivity contribution in [3.63, 3.8) is 0 Å². The van der Waals surface area contributed by atoms with Crippen LogP contribution >= 0.6 is 46.4 Å². The number of carbonyl (C=O) groups is 1. The summed E-state index contributed by atoms with van der Waals surface area (Å²) in [5.74, 6) is -0.415. The van der Waals surface area contributed by atoms with E-state index in [4.69, 9.17) is 51.1 Å². The van der Waals surface area contributed by atoms with E-state index in [0.717, 1.165) is 0 Å². The minimum Gasteiger partial charge on any atom is -0.402 e. The number of nitrogens with zero attached hydrogens (tertiary/aromatic N) is 1. The van der Waals surface area contributed by atoms with Gasteiger partial charge in [-0.15, -0.1) is 0 Å². The fraction of sp³-hybridized carbons (Fsp3) is 0. The SMILES string of the molecule is O=C1OC(c2ccc(Cl)c(Cl)c2)=N/C1=C\c1ccc(Cl)cc1Cl. The molecule has 0 unspecified atom stereocenters. The average Bonchev–Trinajstić information content (AvgIpc) is 2.86. The molecule has 1 aliphatic heterocycles. The molecule has 0 amide bonds. The highest BCUT2D eigenvalue weighted by atomic mass is 35.5. The lowest BCUT2D eigenvalue weighted by Gasteiger charge is -2.01. The molecule has 0 radical (unpaired) electrons. The number of benzene rings is 2. The first-order valence-corrected chi connectivity index (χ1v) is 7.88. The van der Waals surface area contributed by atoms with Crippen molar-refractivity contribution in [2.75, 3.05) is 0 Å². The van der Waals surface area contributed by atoms with Gasteiger partial charge in [-0.1, -0.05) is 52.5 Å². The summed E-state index contributed by atoms with van der Waals surface area (Å²) in [5, 5.41) is 1.67. The van der Waals surface area contributed by atoms with Gasteiger partial charge in [-0.05, 0) is 42.0 Å². The maximum absolute atomic E-state index is 12.0. The van der Waals surface area contributed by atoms with Crippen molar-refractivity contribution < 1.29 is 9.53 Å². The van der Waals surface area contributed by atoms with Crippen LogP contribution in [0, 0.1) is 0 Å². The predicted molar refractivity (Wildman–Crippen MR) is 93.5 cm³/mol. The van der Waals surface area contributed by atoms with E-state index < -0.39 is 5.97 Å². The Morgan fingerprint density at radius 3 is 2.39 bits per heavy atom. The van der Waals surface area contributed by atoms with Gasteiger partial charge in [0.25, 0.3) is 0 Å². The highest BCUT2D eigenvalue weighted by Crippen LogP contribution is 2.27. The van der Waals surface area contributed by atoms with Gasteiger partial charge in [0.05, 0.1) is 10.0 Å². The molecule has 0 atom stereocenters. The van der Waals surface area contributed by atoms with E-state index in [-0.39, 0.29) is 11.6 Å². The fourth-order valence-electron chi connectivity index (χ4n) is 1.93. The van der Waals surface area contributed by atoms with E-state index in [2.05, 4.69) is 4.99 Å². The van der Waals surface area contributed by atoms with Gasteiger partial charge in [0.15, 0.2) is 5.70 Å². The summed E-state index contributed by atoms with van der Waals surface area (Å²) in [6.45, 7) is 0. The van der Waals surface area contributed by atoms with E-state index in [0.29, 0.717) is 31.2 Å². The zero-order valence-corrected chi connectivity index (χ0v) is 14.3. The van der Waals surface area contributed by atoms with Crippen molar-refractivity contribution in [3.05, 3.63) is 73.3 Å². The third-order valence-corrected chi connectivity index (χ3v) is 4.34. The molecule has 0 N–H and O–H groups in total. The number of ether oxygens (including phenoxy) is 1. The normalized spacial score (nSPS) is 15.7. The number of hydrogen-bond donors (Lipinski definition) is 0. The van der Waals surface area contributed by atoms with Gasteiger partial charge in [-0.25, -0.2) is 9.79 Å². The molecule has 1 heterocycles. The molecular formula is C16H7Cl4NO2. The number of rotatable bonds is 2. The summed E-state index contributed by atoms with van der Waals surface area (Å²) >= 11 is 23.8. The summed E-state index contributed by atoms with van der Waals surface area (Å²) in [7, 11) is 0. The topological polar surface area (TPSA) is 38.7 Å². The zero-order valence-electron chi connectivity index (χ0n) is 11.3. The van der Waals surface area contributed by atoms with E-state index in [1.54, 1.807) is 36.4 Å². The summed E-state index contributed by atoms with van der Waals surface area (Å²) in [6, 6.07) is 9.79. The van der Waals surface area contributed by atoms with Gasteiger partial charge in [0, 0.05) is 15.6 Å². The third-order valence-electron chi connectivity index (χ3n) is 3.04. The van der Waals surface area contributed by atoms with E-state index in [1.807, 2.05) is 0 Å². The largest absolute Gasteiger partial charge is 0.402 e. The van der Waals surface area contributed by atoms with Gasteiger partial charge in [-0.2, -0.15) is 0 Å². The monoisotopic (exact) mass is 385 g/mol. The first-order valence-electron chi connectivity index (χ1n) is 6.37. The van der Waals surface area contributed by atoms with E-state index in [1.165, 1.54) is 6.08 Å². The first kappa shape index (κ1) is 16.3. The maximum Gasteiger partial charge on any atom is 0.363 e. The summed E-state index contributed by atoms with van der Waals surface area (Å²) in [5.41, 5.74) is 1.30. The highest BCUT2D eigenvalue weighted by Gasteiger charge is 2.24. The lowest BCUT2D eigenvalue weighted by Crippen LogP contribution is -2.05. The Morgan fingerprint density at radius 2 is 1.70 bits per heavy atom. The Kier molecular flexibility index (Phi) is 4.64. The molecule has 3 nitrogen and oxygen atoms in total. The van der Waals surface area contributed by atoms with Crippen molar-refractivity contribution >= 4 is 64.3 Å². The smallest absolute Gasteiger partial charge is 0.363 e. The molecule has 0 bridgehead atoms. The number of halogens is 4. The average molecular weight is 387 g/mol. The van der Waals surface area contributed by atoms with Crippen molar-refractivity contribution in [3.8, 4) is 0 Å². The molecule has 0 aliphatic carbocycles. The molecule has 3 rings (SSSR count). The van der Waals surface area contributed by atoms with Crippen LogP contribution in [-0.2, 0) is 9.53 Å². The van der Waals surface area contributed by atoms with Crippen LogP contribution in [0.4, 0.5) is 0 Å². The Hall–Kier alpha value is -1.52. The number of cyclic esters (lactones) is 1. The standard InChI is InChI=1S/C16H7Cl4NO2/c17-10-3-1-8(12(19)7-10)6-14-16(22)23-15(21-14)9-2-4-11(18)13(20)5-9/h1-7H/b14-6-. The van der Waals surface area contributed by atoms with Crippen LogP contribution in [0.2, 0.25) is 20.1 Å². The molecule has 0 aromatic heterocycles. The van der Waals surface area contributed by atoms with Crippen molar-refractivity contribution in [1.29, 1.82) is 0 Å². The van der Waals surface area contributed by atoms with Crippen LogP contribution in [0.1, 0.15) is 11.1 Å². The third kappa shape index (κ3) is 3.54. The summed E-state index contributed by atoms with van der Waals surface area (Å²) in [6.07, 6.45) is 1.53. The highest BCUT2D eigenvalue weighted by molar-refractivity contribution is 6.42. The van der Waals surface area contributed by atoms with Crippen LogP contribution in [0.3, 0.4) is 0 Å². The zero-order chi connectivity index (χ0) is 16.6. The molecular weight excluding hydrogens is 380 g/mol. The van der Waals surface area contributed by atoms with Gasteiger partial charge < -0.3 is 4.74 Å². The predicted octanol–water partition coefficient (Wildman–Crippen LogP) is 5.64. The number of carbonyl (C=O) groups excluding carboxylic acids is 1. The molecule has 116 valence electrons. The van der Waals surface area contributed by atoms with Crippen molar-refractivity contribution in [2.45, 2.75) is 0 Å². The maximum atomic E-state index is 12.0. The van der Waals surface area contributed by atoms with Crippen molar-refractivity contribution in [2.24, 2.45) is 4.99 Å². The van der Waals surface area contributed by atoms with E-state index in [9.17, 15) is 4.79 Å². The molecule has 0 spiro atoms. The van der Waals surface area contributed by atoms with Gasteiger partial charge in [0.1, 0.15) is 0 Å². The molecule has 2 aromatic carbocycles. The molecule has 2 aromatic rings. The lowest BCUT2D eigenvalue weighted by molar-refractivity contribution is -0.129. The van der Waals surface area contributed by atoms with Crippen LogP contribution in [-0.4, -0.2) is 11.9 Å². The molecule has 0 fully saturated rings. The number of hydrogen-bond acceptors (Lipinski definition) is 3. The Bertz CT molecular complexity index is 874. The Balaban J connectivity index is 1.97. The summed E-state index contributed by atoms with van der Waals surface area (Å²) in [4.78, 5) is 16.1. The second kappa shape index (κ2) is 6.54. The Labute approximate surface area is 152 Å². The quantitative estimate of drug-likeness (QED) is 0.494. The van der Waals surface area contributed by atoms with Gasteiger partial charge in [-0.3, -0.25) is 0 Å². The molecule has 1 aliphatic rings. The number of esters is 1. The summed E-state index contributed by atoms with van der Waals surface area (Å²) < 4.78 is 5.16. The van der Waals surface area contributed by atoms with Crippen LogP contribution in [0.15, 0.2) is 47.1 Å². The minimum absolute atomic E-state index is 0.135. The lowest BCUT2D eigenvalue weighted by atomic mass is 10.2. The van der Waals surface area contributed by atoms with Gasteiger partial charge in [0.2, 0.25) is 5.90 Å². The second-order valence-corrected chi connectivity index (χ2v) is 6.29. The minimum atomic E-state index is -0.572. The Morgan fingerprint density at radius 1 is 0.913 bits per heavy atom. The second-order valence-electron chi connectivity index (χ2n) is 4.63. The van der Waals surface area contributed by atoms with Crippen LogP contribution in [0.25, 0.3) is 6.08 Å². The first-order chi connectivity index (χ1) is 10.9. The van der Waals surface area contributed by atoms with Crippen LogP contribution < -0.4 is 0 Å². The van der Waals surface area contributed by atoms with E-state index >= 15 is 0 Å². The molecule has 7 heteroatoms. The molecule has 0 saturated heterocycles. The number of aliphatic imine (C=N–C) groups is 1.